The zero-order valence-corrected chi connectivity index (χ0v) is 7.99. The zero-order valence-electron chi connectivity index (χ0n) is 7.99. The monoisotopic (exact) mass is 178 g/mol. The van der Waals surface area contributed by atoms with E-state index >= 15 is 0 Å². The van der Waals surface area contributed by atoms with Gasteiger partial charge >= 0.3 is 0 Å². The first-order chi connectivity index (χ1) is 6.17. The number of rotatable bonds is 3. The Labute approximate surface area is 78.2 Å². The molecule has 0 spiro atoms. The number of nitrogens with zero attached hydrogens (tertiary/aromatic N) is 2. The minimum absolute atomic E-state index is 0.0525. The third-order valence-electron chi connectivity index (χ3n) is 1.75. The molecule has 0 aliphatic rings. The number of aliphatic hydroxyl groups excluding tert-OH is 1. The van der Waals surface area contributed by atoms with Crippen LogP contribution in [0.25, 0.3) is 6.08 Å². The molecule has 0 fully saturated rings. The maximum atomic E-state index is 8.94. The number of hydrogen-bond acceptors (Lipinski definition) is 3. The lowest BCUT2D eigenvalue weighted by Gasteiger charge is -2.06. The van der Waals surface area contributed by atoms with Crippen LogP contribution in [-0.4, -0.2) is 15.1 Å². The normalized spacial score (nSPS) is 10.5. The van der Waals surface area contributed by atoms with Crippen LogP contribution in [0.2, 0.25) is 0 Å². The van der Waals surface area contributed by atoms with E-state index < -0.39 is 0 Å². The first-order valence-corrected chi connectivity index (χ1v) is 4.28. The molecule has 0 aliphatic heterocycles. The second-order valence-electron chi connectivity index (χ2n) is 3.16. The molecule has 0 aromatic carbocycles. The number of hydrogen-bond donors (Lipinski definition) is 1. The van der Waals surface area contributed by atoms with Crippen LogP contribution in [0.1, 0.15) is 37.0 Å². The van der Waals surface area contributed by atoms with E-state index in [9.17, 15) is 0 Å². The standard InChI is InChI=1S/C10H14N2O/c1-4-10-11-8(6-13)5-9(12-10)7(2)3/h4-5,7,13H,1,6H2,2-3H3. The van der Waals surface area contributed by atoms with Gasteiger partial charge in [0, 0.05) is 5.69 Å². The summed E-state index contributed by atoms with van der Waals surface area (Å²) in [5.41, 5.74) is 1.59. The number of aromatic nitrogens is 2. The molecule has 0 atom stereocenters. The summed E-state index contributed by atoms with van der Waals surface area (Å²) in [6.45, 7) is 7.65. The lowest BCUT2D eigenvalue weighted by Crippen LogP contribution is -2.01. The fourth-order valence-electron chi connectivity index (χ4n) is 1.01. The molecule has 0 amide bonds. The van der Waals surface area contributed by atoms with Crippen LogP contribution in [0.15, 0.2) is 12.6 Å². The van der Waals surface area contributed by atoms with Gasteiger partial charge in [-0.1, -0.05) is 20.4 Å². The second-order valence-corrected chi connectivity index (χ2v) is 3.16. The van der Waals surface area contributed by atoms with Crippen molar-refractivity contribution in [1.82, 2.24) is 9.97 Å². The molecular weight excluding hydrogens is 164 g/mol. The van der Waals surface area contributed by atoms with E-state index in [4.69, 9.17) is 5.11 Å². The zero-order chi connectivity index (χ0) is 9.84. The molecule has 1 aromatic rings. The van der Waals surface area contributed by atoms with Gasteiger partial charge in [-0.15, -0.1) is 0 Å². The molecule has 13 heavy (non-hydrogen) atoms. The minimum Gasteiger partial charge on any atom is -0.390 e. The molecule has 0 saturated carbocycles. The van der Waals surface area contributed by atoms with Crippen molar-refractivity contribution >= 4 is 6.08 Å². The first kappa shape index (κ1) is 9.86. The second kappa shape index (κ2) is 4.14. The first-order valence-electron chi connectivity index (χ1n) is 4.28. The van der Waals surface area contributed by atoms with Crippen molar-refractivity contribution in [2.24, 2.45) is 0 Å². The third-order valence-corrected chi connectivity index (χ3v) is 1.75. The molecule has 0 unspecified atom stereocenters. The van der Waals surface area contributed by atoms with E-state index in [1.807, 2.05) is 6.07 Å². The molecule has 1 rings (SSSR count). The highest BCUT2D eigenvalue weighted by Crippen LogP contribution is 2.13. The van der Waals surface area contributed by atoms with Gasteiger partial charge in [0.25, 0.3) is 0 Å². The summed E-state index contributed by atoms with van der Waals surface area (Å²) in [7, 11) is 0. The van der Waals surface area contributed by atoms with Crippen LogP contribution in [0.4, 0.5) is 0 Å². The van der Waals surface area contributed by atoms with Crippen molar-refractivity contribution in [3.8, 4) is 0 Å². The van der Waals surface area contributed by atoms with Crippen LogP contribution in [0.3, 0.4) is 0 Å². The van der Waals surface area contributed by atoms with Gasteiger partial charge in [0.15, 0.2) is 5.82 Å². The fraction of sp³-hybridized carbons (Fsp3) is 0.400. The van der Waals surface area contributed by atoms with Crippen LogP contribution in [-0.2, 0) is 6.61 Å². The molecule has 0 saturated heterocycles. The summed E-state index contributed by atoms with van der Waals surface area (Å²) in [6, 6.07) is 1.82. The third kappa shape index (κ3) is 2.36. The highest BCUT2D eigenvalue weighted by Gasteiger charge is 2.04. The van der Waals surface area contributed by atoms with Crippen molar-refractivity contribution in [2.75, 3.05) is 0 Å². The van der Waals surface area contributed by atoms with E-state index in [1.165, 1.54) is 0 Å². The molecule has 1 aromatic heterocycles. The molecule has 0 aliphatic carbocycles. The highest BCUT2D eigenvalue weighted by atomic mass is 16.3. The van der Waals surface area contributed by atoms with Gasteiger partial charge in [0.2, 0.25) is 0 Å². The topological polar surface area (TPSA) is 46.0 Å². The Morgan fingerprint density at radius 1 is 1.54 bits per heavy atom. The Morgan fingerprint density at radius 2 is 2.23 bits per heavy atom. The maximum Gasteiger partial charge on any atom is 0.151 e. The van der Waals surface area contributed by atoms with E-state index in [-0.39, 0.29) is 6.61 Å². The maximum absolute atomic E-state index is 8.94. The smallest absolute Gasteiger partial charge is 0.151 e. The average Bonchev–Trinajstić information content (AvgIpc) is 2.16. The predicted octanol–water partition coefficient (Wildman–Crippen LogP) is 1.74. The van der Waals surface area contributed by atoms with Gasteiger partial charge in [0.05, 0.1) is 12.3 Å². The van der Waals surface area contributed by atoms with Crippen molar-refractivity contribution in [3.05, 3.63) is 29.9 Å². The molecule has 1 heterocycles. The molecule has 0 bridgehead atoms. The molecule has 1 N–H and O–H groups in total. The van der Waals surface area contributed by atoms with E-state index in [1.54, 1.807) is 6.08 Å². The fourth-order valence-corrected chi connectivity index (χ4v) is 1.01. The van der Waals surface area contributed by atoms with Gasteiger partial charge in [-0.05, 0) is 18.1 Å². The van der Waals surface area contributed by atoms with Crippen LogP contribution >= 0.6 is 0 Å². The highest BCUT2D eigenvalue weighted by molar-refractivity contribution is 5.37. The SMILES string of the molecule is C=Cc1nc(CO)cc(C(C)C)n1. The van der Waals surface area contributed by atoms with Crippen molar-refractivity contribution < 1.29 is 5.11 Å². The Bertz CT molecular complexity index is 308. The summed E-state index contributed by atoms with van der Waals surface area (Å²) >= 11 is 0. The molecule has 3 heteroatoms. The lowest BCUT2D eigenvalue weighted by molar-refractivity contribution is 0.276. The van der Waals surface area contributed by atoms with Gasteiger partial charge < -0.3 is 5.11 Å². The Kier molecular flexibility index (Phi) is 3.14. The average molecular weight is 178 g/mol. The van der Waals surface area contributed by atoms with E-state index in [0.29, 0.717) is 17.4 Å². The van der Waals surface area contributed by atoms with Gasteiger partial charge in [-0.2, -0.15) is 0 Å². The van der Waals surface area contributed by atoms with Crippen LogP contribution in [0, 0.1) is 0 Å². The Balaban J connectivity index is 3.14. The summed E-state index contributed by atoms with van der Waals surface area (Å²) in [6.07, 6.45) is 1.59. The van der Waals surface area contributed by atoms with Crippen molar-refractivity contribution in [2.45, 2.75) is 26.4 Å². The Morgan fingerprint density at radius 3 is 2.69 bits per heavy atom. The minimum atomic E-state index is -0.0525. The van der Waals surface area contributed by atoms with Crippen LogP contribution in [0.5, 0.6) is 0 Å². The molecule has 0 radical (unpaired) electrons. The quantitative estimate of drug-likeness (QED) is 0.766. The largest absolute Gasteiger partial charge is 0.390 e. The van der Waals surface area contributed by atoms with Gasteiger partial charge in [0.1, 0.15) is 0 Å². The van der Waals surface area contributed by atoms with Gasteiger partial charge in [-0.3, -0.25) is 0 Å². The molecule has 70 valence electrons. The van der Waals surface area contributed by atoms with Crippen LogP contribution < -0.4 is 0 Å². The number of aliphatic hydroxyl groups is 1. The molecule has 3 nitrogen and oxygen atoms in total. The molecular formula is C10H14N2O. The Hall–Kier alpha value is -1.22. The summed E-state index contributed by atoms with van der Waals surface area (Å²) in [4.78, 5) is 8.33. The van der Waals surface area contributed by atoms with Gasteiger partial charge in [-0.25, -0.2) is 9.97 Å². The van der Waals surface area contributed by atoms with E-state index in [0.717, 1.165) is 5.69 Å². The van der Waals surface area contributed by atoms with E-state index in [2.05, 4.69) is 30.4 Å². The summed E-state index contributed by atoms with van der Waals surface area (Å²) < 4.78 is 0. The summed E-state index contributed by atoms with van der Waals surface area (Å²) in [5, 5.41) is 8.94. The predicted molar refractivity (Wildman–Crippen MR) is 52.1 cm³/mol. The van der Waals surface area contributed by atoms with Crippen molar-refractivity contribution in [3.63, 3.8) is 0 Å². The summed E-state index contributed by atoms with van der Waals surface area (Å²) in [5.74, 6) is 0.919. The van der Waals surface area contributed by atoms with Crippen molar-refractivity contribution in [1.29, 1.82) is 0 Å². The lowest BCUT2D eigenvalue weighted by atomic mass is 10.1.